The molecule has 3 aromatic rings. The molecule has 0 radical (unpaired) electrons. The number of aliphatic hydroxyl groups is 1. The van der Waals surface area contributed by atoms with E-state index < -0.39 is 23.6 Å². The van der Waals surface area contributed by atoms with Crippen molar-refractivity contribution in [2.75, 3.05) is 39.3 Å². The van der Waals surface area contributed by atoms with Crippen LogP contribution in [0.2, 0.25) is 0 Å². The first-order chi connectivity index (χ1) is 25.4. The average Bonchev–Trinajstić information content (AvgIpc) is 3.85. The van der Waals surface area contributed by atoms with E-state index in [1.165, 1.54) is 38.6 Å². The van der Waals surface area contributed by atoms with Gasteiger partial charge in [0.15, 0.2) is 0 Å². The third kappa shape index (κ3) is 7.98. The average molecular weight is 705 g/mol. The van der Waals surface area contributed by atoms with Gasteiger partial charge < -0.3 is 25.1 Å². The molecule has 3 saturated heterocycles. The molecule has 7 rings (SSSR count). The Morgan fingerprint density at radius 3 is 1.85 bits per heavy atom. The standard InChI is InChI=1S/C44H56N4O4/c49-38-27-40(42(51)45-29-34-17-13-25-46(31-34)30-33-15-5-1-6-16-33)48(32-38)43(52)39-24-14-26-47(39)41(50)28-44(35-18-7-2-8-19-35,36-20-9-3-10-21-36)37-22-11-4-12-23-37/h2-4,7-12,18-23,33-34,38-40,49H,1,5-6,13-17,24-32H2,(H,45,51). The SMILES string of the molecule is O=C(NCC1CCCN(CC2CCCCC2)C1)C1CC(O)CN1C(=O)C1CCCN1C(=O)CC(c1ccccc1)(c1ccccc1)c1ccccc1. The van der Waals surface area contributed by atoms with Crippen molar-refractivity contribution in [1.29, 1.82) is 0 Å². The number of aliphatic hydroxyl groups excluding tert-OH is 1. The van der Waals surface area contributed by atoms with Crippen molar-refractivity contribution in [2.45, 2.75) is 94.2 Å². The maximum atomic E-state index is 14.6. The van der Waals surface area contributed by atoms with Gasteiger partial charge in [-0.25, -0.2) is 0 Å². The van der Waals surface area contributed by atoms with Gasteiger partial charge in [-0.2, -0.15) is 0 Å². The molecule has 1 saturated carbocycles. The van der Waals surface area contributed by atoms with E-state index in [0.29, 0.717) is 31.8 Å². The lowest BCUT2D eigenvalue weighted by Gasteiger charge is -2.38. The van der Waals surface area contributed by atoms with Crippen molar-refractivity contribution in [3.05, 3.63) is 108 Å². The van der Waals surface area contributed by atoms with Gasteiger partial charge in [0.1, 0.15) is 12.1 Å². The molecule has 0 spiro atoms. The third-order valence-corrected chi connectivity index (χ3v) is 12.3. The van der Waals surface area contributed by atoms with Gasteiger partial charge in [-0.1, -0.05) is 110 Å². The summed E-state index contributed by atoms with van der Waals surface area (Å²) in [6.07, 6.45) is 9.83. The van der Waals surface area contributed by atoms with Crippen LogP contribution in [0.4, 0.5) is 0 Å². The molecule has 4 fully saturated rings. The van der Waals surface area contributed by atoms with E-state index >= 15 is 0 Å². The lowest BCUT2D eigenvalue weighted by atomic mass is 9.67. The second-order valence-electron chi connectivity index (χ2n) is 15.8. The first kappa shape index (κ1) is 36.4. The Balaban J connectivity index is 1.05. The largest absolute Gasteiger partial charge is 0.391 e. The first-order valence-electron chi connectivity index (χ1n) is 19.9. The molecular formula is C44H56N4O4. The maximum absolute atomic E-state index is 14.6. The number of nitrogens with zero attached hydrogens (tertiary/aromatic N) is 3. The molecule has 4 unspecified atom stereocenters. The minimum absolute atomic E-state index is 0.0942. The van der Waals surface area contributed by atoms with E-state index in [4.69, 9.17) is 0 Å². The summed E-state index contributed by atoms with van der Waals surface area (Å²) in [4.78, 5) is 48.6. The van der Waals surface area contributed by atoms with Crippen LogP contribution in [0.25, 0.3) is 0 Å². The van der Waals surface area contributed by atoms with Gasteiger partial charge in [0.25, 0.3) is 0 Å². The van der Waals surface area contributed by atoms with E-state index in [0.717, 1.165) is 48.5 Å². The van der Waals surface area contributed by atoms with Crippen LogP contribution in [0.1, 0.15) is 87.3 Å². The summed E-state index contributed by atoms with van der Waals surface area (Å²) in [7, 11) is 0. The van der Waals surface area contributed by atoms with Gasteiger partial charge in [-0.05, 0) is 73.6 Å². The quantitative estimate of drug-likeness (QED) is 0.248. The molecule has 4 atom stereocenters. The lowest BCUT2D eigenvalue weighted by Crippen LogP contribution is -2.54. The van der Waals surface area contributed by atoms with Gasteiger partial charge in [0.2, 0.25) is 17.7 Å². The van der Waals surface area contributed by atoms with Crippen LogP contribution in [0.3, 0.4) is 0 Å². The molecule has 0 bridgehead atoms. The second kappa shape index (κ2) is 16.8. The van der Waals surface area contributed by atoms with Crippen LogP contribution < -0.4 is 5.32 Å². The van der Waals surface area contributed by atoms with Crippen molar-refractivity contribution in [2.24, 2.45) is 11.8 Å². The monoisotopic (exact) mass is 704 g/mol. The number of benzene rings is 3. The van der Waals surface area contributed by atoms with Crippen molar-refractivity contribution < 1.29 is 19.5 Å². The highest BCUT2D eigenvalue weighted by molar-refractivity contribution is 5.93. The van der Waals surface area contributed by atoms with E-state index in [1.807, 2.05) is 54.6 Å². The molecule has 52 heavy (non-hydrogen) atoms. The smallest absolute Gasteiger partial charge is 0.246 e. The number of nitrogens with one attached hydrogen (secondary N) is 1. The van der Waals surface area contributed by atoms with Gasteiger partial charge in [-0.3, -0.25) is 14.4 Å². The molecule has 3 amide bonds. The summed E-state index contributed by atoms with van der Waals surface area (Å²) in [6.45, 7) is 4.48. The molecular weight excluding hydrogens is 649 g/mol. The van der Waals surface area contributed by atoms with Crippen molar-refractivity contribution in [3.8, 4) is 0 Å². The van der Waals surface area contributed by atoms with Crippen LogP contribution in [0.15, 0.2) is 91.0 Å². The number of carbonyl (C=O) groups excluding carboxylic acids is 3. The Morgan fingerprint density at radius 2 is 1.23 bits per heavy atom. The minimum atomic E-state index is -0.771. The fourth-order valence-corrected chi connectivity index (χ4v) is 9.70. The number of β-amino-alcohol motifs (C(OH)–C–C–N with tert-alkyl or cyclic N) is 1. The summed E-state index contributed by atoms with van der Waals surface area (Å²) < 4.78 is 0. The normalized spacial score (nSPS) is 24.6. The summed E-state index contributed by atoms with van der Waals surface area (Å²) in [5, 5.41) is 13.9. The van der Waals surface area contributed by atoms with Crippen LogP contribution in [0.5, 0.6) is 0 Å². The zero-order valence-electron chi connectivity index (χ0n) is 30.6. The summed E-state index contributed by atoms with van der Waals surface area (Å²) in [5.74, 6) is 0.669. The summed E-state index contributed by atoms with van der Waals surface area (Å²) >= 11 is 0. The highest BCUT2D eigenvalue weighted by Gasteiger charge is 2.47. The Morgan fingerprint density at radius 1 is 0.654 bits per heavy atom. The molecule has 276 valence electrons. The second-order valence-corrected chi connectivity index (χ2v) is 15.8. The Kier molecular flexibility index (Phi) is 11.7. The van der Waals surface area contributed by atoms with Crippen LogP contribution in [-0.2, 0) is 19.8 Å². The van der Waals surface area contributed by atoms with Gasteiger partial charge in [0.05, 0.1) is 11.5 Å². The highest BCUT2D eigenvalue weighted by Crippen LogP contribution is 2.43. The van der Waals surface area contributed by atoms with Crippen molar-refractivity contribution in [3.63, 3.8) is 0 Å². The Bertz CT molecular complexity index is 1530. The fourth-order valence-electron chi connectivity index (χ4n) is 9.70. The number of amides is 3. The predicted octanol–water partition coefficient (Wildman–Crippen LogP) is 5.77. The third-order valence-electron chi connectivity index (χ3n) is 12.3. The van der Waals surface area contributed by atoms with Gasteiger partial charge >= 0.3 is 0 Å². The fraction of sp³-hybridized carbons (Fsp3) is 0.523. The number of carbonyl (C=O) groups is 3. The van der Waals surface area contributed by atoms with E-state index in [2.05, 4.69) is 46.6 Å². The number of likely N-dealkylation sites (tertiary alicyclic amines) is 3. The summed E-state index contributed by atoms with van der Waals surface area (Å²) in [6, 6.07) is 29.1. The lowest BCUT2D eigenvalue weighted by molar-refractivity contribution is -0.147. The van der Waals surface area contributed by atoms with Crippen LogP contribution in [-0.4, -0.2) is 95.0 Å². The van der Waals surface area contributed by atoms with Crippen LogP contribution >= 0.6 is 0 Å². The molecule has 8 nitrogen and oxygen atoms in total. The zero-order valence-corrected chi connectivity index (χ0v) is 30.6. The molecule has 8 heteroatoms. The van der Waals surface area contributed by atoms with Crippen molar-refractivity contribution >= 4 is 17.7 Å². The number of piperidine rings is 1. The van der Waals surface area contributed by atoms with E-state index in [9.17, 15) is 19.5 Å². The number of rotatable bonds is 11. The van der Waals surface area contributed by atoms with E-state index in [1.54, 1.807) is 9.80 Å². The maximum Gasteiger partial charge on any atom is 0.246 e. The first-order valence-corrected chi connectivity index (χ1v) is 19.9. The highest BCUT2D eigenvalue weighted by atomic mass is 16.3. The number of hydrogen-bond donors (Lipinski definition) is 2. The molecule has 3 aliphatic heterocycles. The number of hydrogen-bond acceptors (Lipinski definition) is 5. The molecule has 2 N–H and O–H groups in total. The topological polar surface area (TPSA) is 93.2 Å². The predicted molar refractivity (Wildman–Crippen MR) is 203 cm³/mol. The van der Waals surface area contributed by atoms with Crippen LogP contribution in [0, 0.1) is 11.8 Å². The summed E-state index contributed by atoms with van der Waals surface area (Å²) in [5.41, 5.74) is 2.26. The molecule has 3 heterocycles. The molecule has 4 aliphatic rings. The van der Waals surface area contributed by atoms with Gasteiger partial charge in [0, 0.05) is 45.6 Å². The molecule has 0 aromatic heterocycles. The Hall–Kier alpha value is -4.01. The van der Waals surface area contributed by atoms with Gasteiger partial charge in [-0.15, -0.1) is 0 Å². The Labute approximate surface area is 309 Å². The molecule has 1 aliphatic carbocycles. The van der Waals surface area contributed by atoms with Crippen molar-refractivity contribution in [1.82, 2.24) is 20.0 Å². The minimum Gasteiger partial charge on any atom is -0.391 e. The zero-order chi connectivity index (χ0) is 35.9. The van der Waals surface area contributed by atoms with E-state index in [-0.39, 0.29) is 37.1 Å². The molecule has 3 aromatic carbocycles.